The monoisotopic (exact) mass is 432 g/mol. The van der Waals surface area contributed by atoms with Crippen LogP contribution in [0.1, 0.15) is 24.9 Å². The summed E-state index contributed by atoms with van der Waals surface area (Å²) < 4.78 is 6.78. The van der Waals surface area contributed by atoms with Crippen LogP contribution in [-0.4, -0.2) is 45.0 Å². The SMILES string of the molecule is CCOC(=O)C1=NN(c2ccccc2)C(C(=O)NC(Cn2cncn2)c2ccccc2)C1. The van der Waals surface area contributed by atoms with Crippen LogP contribution in [-0.2, 0) is 20.9 Å². The van der Waals surface area contributed by atoms with Gasteiger partial charge in [-0.2, -0.15) is 10.2 Å². The molecule has 2 heterocycles. The number of hydrazone groups is 1. The number of para-hydroxylation sites is 1. The summed E-state index contributed by atoms with van der Waals surface area (Å²) in [4.78, 5) is 29.7. The highest BCUT2D eigenvalue weighted by atomic mass is 16.5. The molecule has 0 bridgehead atoms. The number of anilines is 1. The van der Waals surface area contributed by atoms with E-state index in [4.69, 9.17) is 4.74 Å². The number of carbonyl (C=O) groups is 2. The largest absolute Gasteiger partial charge is 0.461 e. The average molecular weight is 432 g/mol. The van der Waals surface area contributed by atoms with Crippen LogP contribution in [0.3, 0.4) is 0 Å². The van der Waals surface area contributed by atoms with Crippen molar-refractivity contribution in [2.24, 2.45) is 5.10 Å². The fourth-order valence-corrected chi connectivity index (χ4v) is 3.57. The van der Waals surface area contributed by atoms with Crippen molar-refractivity contribution >= 4 is 23.3 Å². The normalized spacial score (nSPS) is 16.3. The Morgan fingerprint density at radius 1 is 1.12 bits per heavy atom. The van der Waals surface area contributed by atoms with Gasteiger partial charge in [0.2, 0.25) is 5.91 Å². The van der Waals surface area contributed by atoms with Crippen LogP contribution >= 0.6 is 0 Å². The van der Waals surface area contributed by atoms with E-state index >= 15 is 0 Å². The van der Waals surface area contributed by atoms with Crippen molar-refractivity contribution in [3.8, 4) is 0 Å². The lowest BCUT2D eigenvalue weighted by Gasteiger charge is -2.26. The van der Waals surface area contributed by atoms with E-state index in [0.29, 0.717) is 6.54 Å². The van der Waals surface area contributed by atoms with E-state index in [2.05, 4.69) is 20.5 Å². The number of rotatable bonds is 8. The van der Waals surface area contributed by atoms with E-state index in [1.807, 2.05) is 60.7 Å². The Morgan fingerprint density at radius 3 is 2.50 bits per heavy atom. The van der Waals surface area contributed by atoms with Crippen molar-refractivity contribution in [1.82, 2.24) is 20.1 Å². The number of hydrogen-bond acceptors (Lipinski definition) is 7. The Labute approximate surface area is 185 Å². The van der Waals surface area contributed by atoms with Crippen molar-refractivity contribution in [3.63, 3.8) is 0 Å². The van der Waals surface area contributed by atoms with Crippen LogP contribution in [0.5, 0.6) is 0 Å². The topological polar surface area (TPSA) is 102 Å². The van der Waals surface area contributed by atoms with Gasteiger partial charge in [-0.25, -0.2) is 9.78 Å². The maximum Gasteiger partial charge on any atom is 0.354 e. The molecule has 1 aliphatic rings. The first-order chi connectivity index (χ1) is 15.7. The molecule has 2 aromatic carbocycles. The van der Waals surface area contributed by atoms with Gasteiger partial charge in [0, 0.05) is 6.42 Å². The zero-order valence-corrected chi connectivity index (χ0v) is 17.7. The summed E-state index contributed by atoms with van der Waals surface area (Å²) in [5, 5.41) is 13.3. The third-order valence-electron chi connectivity index (χ3n) is 5.10. The summed E-state index contributed by atoms with van der Waals surface area (Å²) in [5.41, 5.74) is 1.88. The molecule has 1 N–H and O–H groups in total. The first-order valence-electron chi connectivity index (χ1n) is 10.4. The van der Waals surface area contributed by atoms with E-state index < -0.39 is 12.0 Å². The van der Waals surface area contributed by atoms with Gasteiger partial charge < -0.3 is 10.1 Å². The highest BCUT2D eigenvalue weighted by molar-refractivity contribution is 6.38. The highest BCUT2D eigenvalue weighted by Gasteiger charge is 2.37. The van der Waals surface area contributed by atoms with Crippen LogP contribution in [0.4, 0.5) is 5.69 Å². The Hall–Kier alpha value is -4.01. The molecule has 2 atom stereocenters. The minimum absolute atomic E-state index is 0.157. The molecule has 2 unspecified atom stereocenters. The maximum absolute atomic E-state index is 13.4. The average Bonchev–Trinajstić information content (AvgIpc) is 3.50. The Bertz CT molecular complexity index is 1070. The van der Waals surface area contributed by atoms with Crippen LogP contribution in [0.15, 0.2) is 78.4 Å². The smallest absolute Gasteiger partial charge is 0.354 e. The van der Waals surface area contributed by atoms with Crippen molar-refractivity contribution in [3.05, 3.63) is 78.9 Å². The minimum Gasteiger partial charge on any atom is -0.461 e. The van der Waals surface area contributed by atoms with Gasteiger partial charge >= 0.3 is 5.97 Å². The van der Waals surface area contributed by atoms with Gasteiger partial charge in [0.05, 0.1) is 24.9 Å². The van der Waals surface area contributed by atoms with Crippen molar-refractivity contribution in [2.75, 3.05) is 11.6 Å². The molecule has 164 valence electrons. The molecule has 0 fully saturated rings. The highest BCUT2D eigenvalue weighted by Crippen LogP contribution is 2.26. The molecule has 4 rings (SSSR count). The fraction of sp³-hybridized carbons (Fsp3) is 0.261. The molecule has 32 heavy (non-hydrogen) atoms. The van der Waals surface area contributed by atoms with E-state index in [0.717, 1.165) is 11.3 Å². The van der Waals surface area contributed by atoms with Crippen LogP contribution in [0, 0.1) is 0 Å². The van der Waals surface area contributed by atoms with E-state index in [1.165, 1.54) is 6.33 Å². The minimum atomic E-state index is -0.682. The van der Waals surface area contributed by atoms with Gasteiger partial charge in [0.25, 0.3) is 0 Å². The predicted octanol–water partition coefficient (Wildman–Crippen LogP) is 2.33. The third kappa shape index (κ3) is 4.83. The summed E-state index contributed by atoms with van der Waals surface area (Å²) in [5.74, 6) is -0.753. The van der Waals surface area contributed by atoms with Gasteiger partial charge in [0.1, 0.15) is 24.4 Å². The summed E-state index contributed by atoms with van der Waals surface area (Å²) in [6.07, 6.45) is 3.22. The zero-order chi connectivity index (χ0) is 22.3. The zero-order valence-electron chi connectivity index (χ0n) is 17.7. The number of nitrogens with one attached hydrogen (secondary N) is 1. The first kappa shape index (κ1) is 21.2. The van der Waals surface area contributed by atoms with E-state index in [-0.39, 0.29) is 30.7 Å². The summed E-state index contributed by atoms with van der Waals surface area (Å²) in [6.45, 7) is 2.40. The van der Waals surface area contributed by atoms with E-state index in [1.54, 1.807) is 22.9 Å². The van der Waals surface area contributed by atoms with Crippen LogP contribution < -0.4 is 10.3 Å². The molecule has 3 aromatic rings. The Kier molecular flexibility index (Phi) is 6.54. The molecule has 0 radical (unpaired) electrons. The third-order valence-corrected chi connectivity index (χ3v) is 5.10. The number of carbonyl (C=O) groups excluding carboxylic acids is 2. The van der Waals surface area contributed by atoms with Crippen molar-refractivity contribution in [2.45, 2.75) is 32.0 Å². The molecule has 9 heteroatoms. The van der Waals surface area contributed by atoms with Gasteiger partial charge in [-0.05, 0) is 24.6 Å². The quantitative estimate of drug-likeness (QED) is 0.548. The molecule has 9 nitrogen and oxygen atoms in total. The number of amides is 1. The van der Waals surface area contributed by atoms with Crippen LogP contribution in [0.25, 0.3) is 0 Å². The lowest BCUT2D eigenvalue weighted by Crippen LogP contribution is -2.45. The molecule has 0 aliphatic carbocycles. The molecule has 0 saturated heterocycles. The second-order valence-electron chi connectivity index (χ2n) is 7.26. The summed E-state index contributed by atoms with van der Waals surface area (Å²) >= 11 is 0. The second kappa shape index (κ2) is 9.86. The molecular weight excluding hydrogens is 408 g/mol. The lowest BCUT2D eigenvalue weighted by molar-refractivity contribution is -0.135. The molecule has 1 amide bonds. The standard InChI is InChI=1S/C23H24N6O3/c1-2-32-23(31)19-13-21(29(27-19)18-11-7-4-8-12-18)22(30)26-20(14-28-16-24-15-25-28)17-9-5-3-6-10-17/h3-12,15-16,20-21H,2,13-14H2,1H3,(H,26,30). The van der Waals surface area contributed by atoms with Gasteiger partial charge in [-0.1, -0.05) is 48.5 Å². The predicted molar refractivity (Wildman–Crippen MR) is 119 cm³/mol. The van der Waals surface area contributed by atoms with Gasteiger partial charge in [0.15, 0.2) is 0 Å². The number of benzene rings is 2. The number of nitrogens with zero attached hydrogens (tertiary/aromatic N) is 5. The van der Waals surface area contributed by atoms with Crippen LogP contribution in [0.2, 0.25) is 0 Å². The van der Waals surface area contributed by atoms with E-state index in [9.17, 15) is 9.59 Å². The molecule has 0 spiro atoms. The lowest BCUT2D eigenvalue weighted by atomic mass is 10.0. The van der Waals surface area contributed by atoms with Gasteiger partial charge in [-0.15, -0.1) is 0 Å². The molecule has 1 aliphatic heterocycles. The summed E-state index contributed by atoms with van der Waals surface area (Å²) in [7, 11) is 0. The number of hydrogen-bond donors (Lipinski definition) is 1. The fourth-order valence-electron chi connectivity index (χ4n) is 3.57. The van der Waals surface area contributed by atoms with Crippen molar-refractivity contribution in [1.29, 1.82) is 0 Å². The Balaban J connectivity index is 1.58. The molecule has 1 aromatic heterocycles. The number of esters is 1. The number of ether oxygens (including phenoxy) is 1. The first-order valence-corrected chi connectivity index (χ1v) is 10.4. The van der Waals surface area contributed by atoms with Gasteiger partial charge in [-0.3, -0.25) is 14.5 Å². The second-order valence-corrected chi connectivity index (χ2v) is 7.26. The molecule has 0 saturated carbocycles. The maximum atomic E-state index is 13.4. The number of aromatic nitrogens is 3. The Morgan fingerprint density at radius 2 is 1.84 bits per heavy atom. The molecular formula is C23H24N6O3. The van der Waals surface area contributed by atoms with Crippen molar-refractivity contribution < 1.29 is 14.3 Å². The summed E-state index contributed by atoms with van der Waals surface area (Å²) in [6, 6.07) is 17.9.